The van der Waals surface area contributed by atoms with Gasteiger partial charge in [-0.05, 0) is 30.7 Å². The van der Waals surface area contributed by atoms with Gasteiger partial charge in [0.2, 0.25) is 0 Å². The van der Waals surface area contributed by atoms with E-state index in [1.54, 1.807) is 0 Å². The van der Waals surface area contributed by atoms with Crippen molar-refractivity contribution in [1.29, 1.82) is 0 Å². The van der Waals surface area contributed by atoms with Crippen LogP contribution in [0.1, 0.15) is 11.1 Å². The first-order chi connectivity index (χ1) is 8.70. The Morgan fingerprint density at radius 1 is 1.42 bits per heavy atom. The maximum atomic E-state index is 13.0. The summed E-state index contributed by atoms with van der Waals surface area (Å²) in [6, 6.07) is 2.74. The first kappa shape index (κ1) is 13.7. The minimum absolute atomic E-state index is 0.0538. The molecule has 19 heavy (non-hydrogen) atoms. The standard InChI is InChI=1S/C12H9ClF3NO2/c1-6-2-9(13)4-7-3-8(11(18)19)5-17(10(6)7)12(14,15)16/h2-4H,5H2,1H3,(H,18,19). The molecular weight excluding hydrogens is 283 g/mol. The number of carboxylic acid groups (broad SMARTS) is 1. The van der Waals surface area contributed by atoms with E-state index in [0.717, 1.165) is 0 Å². The number of carbonyl (C=O) groups is 1. The van der Waals surface area contributed by atoms with Gasteiger partial charge in [0.05, 0.1) is 17.8 Å². The van der Waals surface area contributed by atoms with E-state index in [2.05, 4.69) is 0 Å². The van der Waals surface area contributed by atoms with Gasteiger partial charge in [0.1, 0.15) is 0 Å². The first-order valence-corrected chi connectivity index (χ1v) is 5.66. The average molecular weight is 292 g/mol. The summed E-state index contributed by atoms with van der Waals surface area (Å²) < 4.78 is 39.0. The summed E-state index contributed by atoms with van der Waals surface area (Å²) in [4.78, 5) is 11.0. The third-order valence-electron chi connectivity index (χ3n) is 2.80. The Morgan fingerprint density at radius 3 is 2.58 bits per heavy atom. The van der Waals surface area contributed by atoms with Crippen LogP contribution in [0.3, 0.4) is 0 Å². The number of fused-ring (bicyclic) bond motifs is 1. The molecular formula is C12H9ClF3NO2. The van der Waals surface area contributed by atoms with Crippen molar-refractivity contribution < 1.29 is 23.1 Å². The van der Waals surface area contributed by atoms with Crippen LogP contribution in [0.4, 0.5) is 18.9 Å². The molecule has 0 radical (unpaired) electrons. The number of nitrogens with zero attached hydrogens (tertiary/aromatic N) is 1. The molecule has 0 atom stereocenters. The van der Waals surface area contributed by atoms with Crippen molar-refractivity contribution in [2.24, 2.45) is 0 Å². The van der Waals surface area contributed by atoms with Crippen molar-refractivity contribution in [2.45, 2.75) is 13.2 Å². The number of halogens is 4. The Morgan fingerprint density at radius 2 is 2.05 bits per heavy atom. The van der Waals surface area contributed by atoms with Gasteiger partial charge in [0, 0.05) is 10.6 Å². The molecule has 0 bridgehead atoms. The van der Waals surface area contributed by atoms with Gasteiger partial charge in [0.15, 0.2) is 0 Å². The van der Waals surface area contributed by atoms with E-state index < -0.39 is 18.8 Å². The van der Waals surface area contributed by atoms with E-state index in [1.165, 1.54) is 25.1 Å². The fraction of sp³-hybridized carbons (Fsp3) is 0.250. The van der Waals surface area contributed by atoms with Gasteiger partial charge in [-0.15, -0.1) is 0 Å². The first-order valence-electron chi connectivity index (χ1n) is 5.28. The van der Waals surface area contributed by atoms with E-state index in [-0.39, 0.29) is 26.7 Å². The summed E-state index contributed by atoms with van der Waals surface area (Å²) in [7, 11) is 0. The molecule has 0 saturated heterocycles. The van der Waals surface area contributed by atoms with E-state index in [1.807, 2.05) is 0 Å². The maximum absolute atomic E-state index is 13.0. The predicted octanol–water partition coefficient (Wildman–Crippen LogP) is 3.46. The number of aliphatic carboxylic acids is 1. The molecule has 0 amide bonds. The Balaban J connectivity index is 2.67. The Kier molecular flexibility index (Phi) is 3.22. The molecule has 0 fully saturated rings. The van der Waals surface area contributed by atoms with Gasteiger partial charge in [-0.3, -0.25) is 4.90 Å². The molecule has 1 aliphatic heterocycles. The zero-order valence-corrected chi connectivity index (χ0v) is 10.5. The molecule has 0 aliphatic carbocycles. The quantitative estimate of drug-likeness (QED) is 0.806. The second-order valence-corrected chi connectivity index (χ2v) is 4.63. The highest BCUT2D eigenvalue weighted by molar-refractivity contribution is 6.31. The summed E-state index contributed by atoms with van der Waals surface area (Å²) in [6.07, 6.45) is -3.43. The largest absolute Gasteiger partial charge is 0.485 e. The molecule has 1 heterocycles. The summed E-state index contributed by atoms with van der Waals surface area (Å²) in [5.41, 5.74) is 0.125. The number of rotatable bonds is 1. The van der Waals surface area contributed by atoms with Gasteiger partial charge in [-0.25, -0.2) is 4.79 Å². The minimum Gasteiger partial charge on any atom is -0.478 e. The molecule has 0 unspecified atom stereocenters. The highest BCUT2D eigenvalue weighted by Gasteiger charge is 2.42. The summed E-state index contributed by atoms with van der Waals surface area (Å²) in [5.74, 6) is -1.38. The molecule has 0 spiro atoms. The lowest BCUT2D eigenvalue weighted by molar-refractivity contribution is -0.134. The molecule has 7 heteroatoms. The topological polar surface area (TPSA) is 40.5 Å². The third kappa shape index (κ3) is 2.53. The molecule has 3 nitrogen and oxygen atoms in total. The second kappa shape index (κ2) is 4.45. The van der Waals surface area contributed by atoms with E-state index in [4.69, 9.17) is 16.7 Å². The van der Waals surface area contributed by atoms with Gasteiger partial charge in [-0.2, -0.15) is 13.2 Å². The fourth-order valence-corrected chi connectivity index (χ4v) is 2.35. The van der Waals surface area contributed by atoms with Crippen LogP contribution in [-0.2, 0) is 4.79 Å². The zero-order chi connectivity index (χ0) is 14.4. The van der Waals surface area contributed by atoms with Gasteiger partial charge >= 0.3 is 12.3 Å². The lowest BCUT2D eigenvalue weighted by atomic mass is 9.99. The maximum Gasteiger partial charge on any atom is 0.485 e. The van der Waals surface area contributed by atoms with Crippen molar-refractivity contribution in [2.75, 3.05) is 11.4 Å². The summed E-state index contributed by atoms with van der Waals surface area (Å²) >= 11 is 5.79. The molecule has 1 aromatic carbocycles. The zero-order valence-electron chi connectivity index (χ0n) is 9.75. The van der Waals surface area contributed by atoms with Crippen LogP contribution >= 0.6 is 11.6 Å². The molecule has 0 aromatic heterocycles. The van der Waals surface area contributed by atoms with Crippen LogP contribution in [0, 0.1) is 6.92 Å². The predicted molar refractivity (Wildman–Crippen MR) is 65.2 cm³/mol. The van der Waals surface area contributed by atoms with Crippen LogP contribution < -0.4 is 4.90 Å². The monoisotopic (exact) mass is 291 g/mol. The molecule has 1 N–H and O–H groups in total. The van der Waals surface area contributed by atoms with Crippen LogP contribution in [0.15, 0.2) is 17.7 Å². The van der Waals surface area contributed by atoms with Crippen LogP contribution in [0.5, 0.6) is 0 Å². The van der Waals surface area contributed by atoms with Crippen molar-refractivity contribution in [3.8, 4) is 0 Å². The number of anilines is 1. The number of benzene rings is 1. The Hall–Kier alpha value is -1.69. The lowest BCUT2D eigenvalue weighted by Gasteiger charge is -2.33. The normalized spacial score (nSPS) is 15.0. The number of alkyl halides is 3. The van der Waals surface area contributed by atoms with Crippen molar-refractivity contribution in [3.05, 3.63) is 33.9 Å². The van der Waals surface area contributed by atoms with Gasteiger partial charge in [-0.1, -0.05) is 11.6 Å². The van der Waals surface area contributed by atoms with Gasteiger partial charge < -0.3 is 5.11 Å². The molecule has 0 saturated carbocycles. The average Bonchev–Trinajstić information content (AvgIpc) is 2.25. The Bertz CT molecular complexity index is 581. The van der Waals surface area contributed by atoms with Crippen molar-refractivity contribution in [1.82, 2.24) is 0 Å². The van der Waals surface area contributed by atoms with Crippen molar-refractivity contribution >= 4 is 29.3 Å². The molecule has 1 aromatic rings. The number of carboxylic acids is 1. The minimum atomic E-state index is -4.65. The van der Waals surface area contributed by atoms with E-state index in [9.17, 15) is 18.0 Å². The van der Waals surface area contributed by atoms with Crippen molar-refractivity contribution in [3.63, 3.8) is 0 Å². The highest BCUT2D eigenvalue weighted by atomic mass is 35.5. The van der Waals surface area contributed by atoms with E-state index in [0.29, 0.717) is 5.56 Å². The number of hydrogen-bond donors (Lipinski definition) is 1. The van der Waals surface area contributed by atoms with Crippen LogP contribution in [-0.4, -0.2) is 23.9 Å². The third-order valence-corrected chi connectivity index (χ3v) is 3.02. The molecule has 102 valence electrons. The highest BCUT2D eigenvalue weighted by Crippen LogP contribution is 2.39. The summed E-state index contributed by atoms with van der Waals surface area (Å²) in [5, 5.41) is 9.16. The number of hydrogen-bond acceptors (Lipinski definition) is 2. The second-order valence-electron chi connectivity index (χ2n) is 4.19. The van der Waals surface area contributed by atoms with Crippen LogP contribution in [0.25, 0.3) is 6.08 Å². The Labute approximate surface area is 111 Å². The SMILES string of the molecule is Cc1cc(Cl)cc2c1N(C(F)(F)F)CC(C(=O)O)=C2. The molecule has 2 rings (SSSR count). The fourth-order valence-electron chi connectivity index (χ4n) is 2.07. The number of aryl methyl sites for hydroxylation is 1. The molecule has 1 aliphatic rings. The summed E-state index contributed by atoms with van der Waals surface area (Å²) in [6.45, 7) is 0.789. The van der Waals surface area contributed by atoms with E-state index >= 15 is 0 Å². The van der Waals surface area contributed by atoms with Crippen LogP contribution in [0.2, 0.25) is 5.02 Å². The lowest BCUT2D eigenvalue weighted by Crippen LogP contribution is -2.42. The van der Waals surface area contributed by atoms with Gasteiger partial charge in [0.25, 0.3) is 0 Å². The smallest absolute Gasteiger partial charge is 0.478 e.